The standard InChI is InChI=1S/C12H13BrN2S/c1-2-10-11(7-14)16-12(15-10)8-3-5-9(13)6-4-8/h3-6H,2,7,14H2,1H3. The molecule has 0 unspecified atom stereocenters. The SMILES string of the molecule is CCc1nc(-c2ccc(Br)cc2)sc1CN. The fourth-order valence-corrected chi connectivity index (χ4v) is 2.83. The summed E-state index contributed by atoms with van der Waals surface area (Å²) in [6.07, 6.45) is 0.944. The van der Waals surface area contributed by atoms with Gasteiger partial charge in [-0.1, -0.05) is 35.0 Å². The van der Waals surface area contributed by atoms with E-state index in [0.717, 1.165) is 27.2 Å². The number of aromatic nitrogens is 1. The van der Waals surface area contributed by atoms with Gasteiger partial charge in [0.15, 0.2) is 0 Å². The van der Waals surface area contributed by atoms with Gasteiger partial charge >= 0.3 is 0 Å². The third-order valence-electron chi connectivity index (χ3n) is 2.39. The highest BCUT2D eigenvalue weighted by atomic mass is 79.9. The maximum atomic E-state index is 5.70. The molecule has 0 aliphatic carbocycles. The van der Waals surface area contributed by atoms with E-state index in [1.54, 1.807) is 11.3 Å². The maximum absolute atomic E-state index is 5.70. The molecular weight excluding hydrogens is 284 g/mol. The molecule has 0 aliphatic heterocycles. The Kier molecular flexibility index (Phi) is 3.74. The first kappa shape index (κ1) is 11.8. The Morgan fingerprint density at radius 2 is 2.00 bits per heavy atom. The molecule has 0 aliphatic rings. The molecule has 0 amide bonds. The van der Waals surface area contributed by atoms with Gasteiger partial charge in [0.1, 0.15) is 5.01 Å². The molecule has 0 atom stereocenters. The van der Waals surface area contributed by atoms with Gasteiger partial charge in [0, 0.05) is 21.5 Å². The van der Waals surface area contributed by atoms with Crippen LogP contribution in [0.4, 0.5) is 0 Å². The average Bonchev–Trinajstić information content (AvgIpc) is 2.73. The quantitative estimate of drug-likeness (QED) is 0.940. The molecule has 0 radical (unpaired) electrons. The van der Waals surface area contributed by atoms with E-state index >= 15 is 0 Å². The van der Waals surface area contributed by atoms with Gasteiger partial charge in [-0.15, -0.1) is 11.3 Å². The van der Waals surface area contributed by atoms with E-state index in [1.807, 2.05) is 12.1 Å². The van der Waals surface area contributed by atoms with Crippen LogP contribution in [0, 0.1) is 0 Å². The lowest BCUT2D eigenvalue weighted by Crippen LogP contribution is -1.96. The molecule has 0 fully saturated rings. The lowest BCUT2D eigenvalue weighted by atomic mass is 10.2. The van der Waals surface area contributed by atoms with Crippen molar-refractivity contribution in [3.63, 3.8) is 0 Å². The number of aryl methyl sites for hydroxylation is 1. The van der Waals surface area contributed by atoms with E-state index in [2.05, 4.69) is 40.0 Å². The van der Waals surface area contributed by atoms with Crippen molar-refractivity contribution >= 4 is 27.3 Å². The number of hydrogen-bond donors (Lipinski definition) is 1. The smallest absolute Gasteiger partial charge is 0.123 e. The molecule has 1 aromatic heterocycles. The number of rotatable bonds is 3. The van der Waals surface area contributed by atoms with Crippen molar-refractivity contribution in [2.75, 3.05) is 0 Å². The Balaban J connectivity index is 2.40. The minimum Gasteiger partial charge on any atom is -0.326 e. The predicted molar refractivity (Wildman–Crippen MR) is 72.5 cm³/mol. The van der Waals surface area contributed by atoms with Gasteiger partial charge in [0.25, 0.3) is 0 Å². The zero-order valence-corrected chi connectivity index (χ0v) is 11.4. The second kappa shape index (κ2) is 5.08. The zero-order chi connectivity index (χ0) is 11.5. The second-order valence-corrected chi connectivity index (χ2v) is 5.45. The van der Waals surface area contributed by atoms with Crippen molar-refractivity contribution in [2.24, 2.45) is 5.73 Å². The summed E-state index contributed by atoms with van der Waals surface area (Å²) in [5, 5.41) is 1.06. The van der Waals surface area contributed by atoms with Crippen LogP contribution in [0.25, 0.3) is 10.6 Å². The molecule has 1 heterocycles. The van der Waals surface area contributed by atoms with Crippen LogP contribution in [0.15, 0.2) is 28.7 Å². The van der Waals surface area contributed by atoms with Crippen molar-refractivity contribution in [1.82, 2.24) is 4.98 Å². The first-order chi connectivity index (χ1) is 7.74. The van der Waals surface area contributed by atoms with E-state index in [1.165, 1.54) is 4.88 Å². The highest BCUT2D eigenvalue weighted by molar-refractivity contribution is 9.10. The van der Waals surface area contributed by atoms with Crippen molar-refractivity contribution < 1.29 is 0 Å². The van der Waals surface area contributed by atoms with Crippen LogP contribution in [0.1, 0.15) is 17.5 Å². The number of thiazole rings is 1. The molecule has 2 nitrogen and oxygen atoms in total. The topological polar surface area (TPSA) is 38.9 Å². The summed E-state index contributed by atoms with van der Waals surface area (Å²) < 4.78 is 1.09. The Bertz CT molecular complexity index is 455. The van der Waals surface area contributed by atoms with Crippen LogP contribution in [-0.2, 0) is 13.0 Å². The third-order valence-corrected chi connectivity index (χ3v) is 4.09. The number of benzene rings is 1. The van der Waals surface area contributed by atoms with Gasteiger partial charge < -0.3 is 5.73 Å². The first-order valence-electron chi connectivity index (χ1n) is 5.19. The lowest BCUT2D eigenvalue weighted by molar-refractivity contribution is 0.989. The lowest BCUT2D eigenvalue weighted by Gasteiger charge is -1.95. The molecule has 4 heteroatoms. The van der Waals surface area contributed by atoms with Gasteiger partial charge in [-0.2, -0.15) is 0 Å². The minimum atomic E-state index is 0.581. The van der Waals surface area contributed by atoms with Crippen molar-refractivity contribution in [1.29, 1.82) is 0 Å². The number of hydrogen-bond acceptors (Lipinski definition) is 3. The molecule has 16 heavy (non-hydrogen) atoms. The fraction of sp³-hybridized carbons (Fsp3) is 0.250. The monoisotopic (exact) mass is 296 g/mol. The summed E-state index contributed by atoms with van der Waals surface area (Å²) in [5.74, 6) is 0. The normalized spacial score (nSPS) is 10.7. The summed E-state index contributed by atoms with van der Waals surface area (Å²) in [7, 11) is 0. The molecule has 1 aromatic carbocycles. The molecule has 0 bridgehead atoms. The van der Waals surface area contributed by atoms with Crippen molar-refractivity contribution in [3.8, 4) is 10.6 Å². The summed E-state index contributed by atoms with van der Waals surface area (Å²) in [5.41, 5.74) is 7.99. The van der Waals surface area contributed by atoms with Crippen molar-refractivity contribution in [2.45, 2.75) is 19.9 Å². The zero-order valence-electron chi connectivity index (χ0n) is 9.03. The van der Waals surface area contributed by atoms with E-state index in [0.29, 0.717) is 6.54 Å². The van der Waals surface area contributed by atoms with Crippen LogP contribution >= 0.6 is 27.3 Å². The van der Waals surface area contributed by atoms with Gasteiger partial charge in [-0.05, 0) is 18.6 Å². The molecule has 84 valence electrons. The van der Waals surface area contributed by atoms with Crippen LogP contribution in [0.2, 0.25) is 0 Å². The highest BCUT2D eigenvalue weighted by Gasteiger charge is 2.09. The van der Waals surface area contributed by atoms with Crippen LogP contribution in [0.3, 0.4) is 0 Å². The van der Waals surface area contributed by atoms with Gasteiger partial charge in [0.05, 0.1) is 5.69 Å². The molecule has 0 spiro atoms. The van der Waals surface area contributed by atoms with Crippen LogP contribution in [0.5, 0.6) is 0 Å². The van der Waals surface area contributed by atoms with Gasteiger partial charge in [0.2, 0.25) is 0 Å². The molecular formula is C12H13BrN2S. The average molecular weight is 297 g/mol. The molecule has 2 N–H and O–H groups in total. The van der Waals surface area contributed by atoms with Gasteiger partial charge in [-0.3, -0.25) is 0 Å². The Morgan fingerprint density at radius 3 is 2.50 bits per heavy atom. The predicted octanol–water partition coefficient (Wildman–Crippen LogP) is 3.59. The van der Waals surface area contributed by atoms with Crippen molar-refractivity contribution in [3.05, 3.63) is 39.3 Å². The Labute approximate surface area is 108 Å². The molecule has 2 rings (SSSR count). The van der Waals surface area contributed by atoms with Gasteiger partial charge in [-0.25, -0.2) is 4.98 Å². The minimum absolute atomic E-state index is 0.581. The van der Waals surface area contributed by atoms with E-state index < -0.39 is 0 Å². The number of halogens is 1. The Hall–Kier alpha value is -0.710. The van der Waals surface area contributed by atoms with E-state index in [4.69, 9.17) is 5.73 Å². The highest BCUT2D eigenvalue weighted by Crippen LogP contribution is 2.29. The number of nitrogens with zero attached hydrogens (tertiary/aromatic N) is 1. The Morgan fingerprint density at radius 1 is 1.31 bits per heavy atom. The summed E-state index contributed by atoms with van der Waals surface area (Å²) >= 11 is 5.12. The van der Waals surface area contributed by atoms with Crippen LogP contribution < -0.4 is 5.73 Å². The van der Waals surface area contributed by atoms with E-state index in [9.17, 15) is 0 Å². The summed E-state index contributed by atoms with van der Waals surface area (Å²) in [6, 6.07) is 8.21. The maximum Gasteiger partial charge on any atom is 0.123 e. The summed E-state index contributed by atoms with van der Waals surface area (Å²) in [4.78, 5) is 5.82. The summed E-state index contributed by atoms with van der Waals surface area (Å²) in [6.45, 7) is 2.69. The molecule has 0 saturated carbocycles. The first-order valence-corrected chi connectivity index (χ1v) is 6.80. The third kappa shape index (κ3) is 2.34. The number of nitrogens with two attached hydrogens (primary N) is 1. The molecule has 0 saturated heterocycles. The second-order valence-electron chi connectivity index (χ2n) is 3.45. The van der Waals surface area contributed by atoms with Crippen LogP contribution in [-0.4, -0.2) is 4.98 Å². The largest absolute Gasteiger partial charge is 0.326 e. The molecule has 2 aromatic rings. The fourth-order valence-electron chi connectivity index (χ4n) is 1.53. The van der Waals surface area contributed by atoms with E-state index in [-0.39, 0.29) is 0 Å².